The van der Waals surface area contributed by atoms with E-state index in [1.807, 2.05) is 17.2 Å². The van der Waals surface area contributed by atoms with Crippen LogP contribution in [0.4, 0.5) is 0 Å². The average molecular weight is 175 g/mol. The van der Waals surface area contributed by atoms with Crippen molar-refractivity contribution in [3.8, 4) is 0 Å². The Bertz CT molecular complexity index is 354. The summed E-state index contributed by atoms with van der Waals surface area (Å²) in [6.07, 6.45) is 7.43. The second-order valence-corrected chi connectivity index (χ2v) is 3.10. The molecule has 3 rings (SSSR count). The van der Waals surface area contributed by atoms with Gasteiger partial charge in [0.2, 0.25) is 5.79 Å². The Morgan fingerprint density at radius 2 is 2.54 bits per heavy atom. The van der Waals surface area contributed by atoms with E-state index in [2.05, 4.69) is 20.3 Å². The van der Waals surface area contributed by atoms with E-state index in [1.54, 1.807) is 12.6 Å². The van der Waals surface area contributed by atoms with Gasteiger partial charge in [0.25, 0.3) is 0 Å². The summed E-state index contributed by atoms with van der Waals surface area (Å²) in [6, 6.07) is 0. The Balaban J connectivity index is 2.14. The van der Waals surface area contributed by atoms with Gasteiger partial charge in [0.15, 0.2) is 0 Å². The minimum absolute atomic E-state index is 0.448. The van der Waals surface area contributed by atoms with Crippen molar-refractivity contribution in [2.75, 3.05) is 13.2 Å². The van der Waals surface area contributed by atoms with Gasteiger partial charge in [-0.15, -0.1) is 0 Å². The number of aliphatic imine (C=N–C) groups is 3. The van der Waals surface area contributed by atoms with Crippen molar-refractivity contribution < 1.29 is 0 Å². The van der Waals surface area contributed by atoms with Crippen molar-refractivity contribution in [2.24, 2.45) is 15.0 Å². The van der Waals surface area contributed by atoms with Crippen molar-refractivity contribution in [2.45, 2.75) is 5.79 Å². The Morgan fingerprint density at radius 3 is 3.54 bits per heavy atom. The van der Waals surface area contributed by atoms with Crippen LogP contribution in [0.5, 0.6) is 0 Å². The molecule has 0 aromatic carbocycles. The van der Waals surface area contributed by atoms with Crippen LogP contribution in [0.25, 0.3) is 0 Å². The molecular weight excluding hydrogens is 166 g/mol. The molecule has 13 heavy (non-hydrogen) atoms. The average Bonchev–Trinajstić information content (AvgIpc) is 2.58. The van der Waals surface area contributed by atoms with E-state index < -0.39 is 5.79 Å². The van der Waals surface area contributed by atoms with Crippen molar-refractivity contribution in [1.82, 2.24) is 10.2 Å². The molecule has 0 aromatic heterocycles. The van der Waals surface area contributed by atoms with E-state index in [0.29, 0.717) is 13.2 Å². The van der Waals surface area contributed by atoms with Crippen LogP contribution >= 0.6 is 0 Å². The maximum absolute atomic E-state index is 4.43. The smallest absolute Gasteiger partial charge is 0.235 e. The van der Waals surface area contributed by atoms with Gasteiger partial charge in [-0.2, -0.15) is 0 Å². The quantitative estimate of drug-likeness (QED) is 0.544. The van der Waals surface area contributed by atoms with E-state index in [9.17, 15) is 0 Å². The highest BCUT2D eigenvalue weighted by Crippen LogP contribution is 2.24. The van der Waals surface area contributed by atoms with E-state index in [-0.39, 0.29) is 0 Å². The number of nitrogens with one attached hydrogen (secondary N) is 1. The third-order valence-electron chi connectivity index (χ3n) is 2.41. The summed E-state index contributed by atoms with van der Waals surface area (Å²) in [4.78, 5) is 14.9. The monoisotopic (exact) mass is 175 g/mol. The van der Waals surface area contributed by atoms with Crippen LogP contribution in [0.15, 0.2) is 27.3 Å². The normalized spacial score (nSPS) is 34.5. The van der Waals surface area contributed by atoms with Crippen molar-refractivity contribution in [3.05, 3.63) is 12.3 Å². The fourth-order valence-corrected chi connectivity index (χ4v) is 1.77. The molecule has 0 radical (unpaired) electrons. The minimum atomic E-state index is -0.448. The Kier molecular flexibility index (Phi) is 1.21. The molecule has 1 atom stereocenters. The van der Waals surface area contributed by atoms with E-state index >= 15 is 0 Å². The number of rotatable bonds is 0. The highest BCUT2D eigenvalue weighted by atomic mass is 15.5. The van der Waals surface area contributed by atoms with Gasteiger partial charge in [-0.25, -0.2) is 4.99 Å². The summed E-state index contributed by atoms with van der Waals surface area (Å²) in [5.74, 6) is -0.448. The van der Waals surface area contributed by atoms with Crippen LogP contribution in [0.2, 0.25) is 0 Å². The summed E-state index contributed by atoms with van der Waals surface area (Å²) in [5.41, 5.74) is 0.996. The lowest BCUT2D eigenvalue weighted by Gasteiger charge is -2.38. The largest absolute Gasteiger partial charge is 0.296 e. The Hall–Kier alpha value is -1.49. The van der Waals surface area contributed by atoms with Gasteiger partial charge in [0.05, 0.1) is 25.3 Å². The first-order valence-corrected chi connectivity index (χ1v) is 4.21. The van der Waals surface area contributed by atoms with E-state index in [0.717, 1.165) is 5.71 Å². The fourth-order valence-electron chi connectivity index (χ4n) is 1.77. The van der Waals surface area contributed by atoms with Gasteiger partial charge in [-0.05, 0) is 6.08 Å². The lowest BCUT2D eigenvalue weighted by Crippen LogP contribution is -2.60. The van der Waals surface area contributed by atoms with Gasteiger partial charge < -0.3 is 0 Å². The molecule has 5 nitrogen and oxygen atoms in total. The van der Waals surface area contributed by atoms with Gasteiger partial charge in [-0.3, -0.25) is 20.2 Å². The first-order valence-electron chi connectivity index (χ1n) is 4.21. The summed E-state index contributed by atoms with van der Waals surface area (Å²) in [7, 11) is 0. The zero-order valence-electron chi connectivity index (χ0n) is 7.01. The van der Waals surface area contributed by atoms with Gasteiger partial charge in [0, 0.05) is 12.4 Å². The summed E-state index contributed by atoms with van der Waals surface area (Å²) >= 11 is 0. The summed E-state index contributed by atoms with van der Waals surface area (Å²) < 4.78 is 0. The molecule has 1 spiro atoms. The van der Waals surface area contributed by atoms with Crippen LogP contribution < -0.4 is 5.32 Å². The second kappa shape index (κ2) is 2.26. The van der Waals surface area contributed by atoms with Crippen LogP contribution in [0.1, 0.15) is 0 Å². The maximum atomic E-state index is 4.43. The Labute approximate surface area is 75.6 Å². The summed E-state index contributed by atoms with van der Waals surface area (Å²) in [6.45, 7) is 1.27. The van der Waals surface area contributed by atoms with Crippen LogP contribution in [-0.4, -0.2) is 42.2 Å². The predicted octanol–water partition coefficient (Wildman–Crippen LogP) is -0.416. The number of allylic oxidation sites excluding steroid dienone is 1. The molecule has 3 aliphatic rings. The maximum Gasteiger partial charge on any atom is 0.235 e. The number of hydrogen-bond donors (Lipinski definition) is 1. The lowest BCUT2D eigenvalue weighted by molar-refractivity contribution is 0.289. The second-order valence-electron chi connectivity index (χ2n) is 3.10. The van der Waals surface area contributed by atoms with Crippen LogP contribution in [0.3, 0.4) is 0 Å². The molecule has 5 heteroatoms. The molecule has 0 saturated heterocycles. The van der Waals surface area contributed by atoms with Gasteiger partial charge in [-0.1, -0.05) is 0 Å². The molecule has 66 valence electrons. The van der Waals surface area contributed by atoms with Crippen molar-refractivity contribution >= 4 is 18.3 Å². The molecule has 0 aromatic rings. The predicted molar refractivity (Wildman–Crippen MR) is 51.0 cm³/mol. The molecular formula is C8H9N5. The third kappa shape index (κ3) is 0.767. The van der Waals surface area contributed by atoms with E-state index in [4.69, 9.17) is 0 Å². The number of nitrogens with zero attached hydrogens (tertiary/aromatic N) is 4. The zero-order valence-corrected chi connectivity index (χ0v) is 7.01. The molecule has 0 bridgehead atoms. The van der Waals surface area contributed by atoms with Crippen molar-refractivity contribution in [1.29, 1.82) is 0 Å². The van der Waals surface area contributed by atoms with E-state index in [1.165, 1.54) is 0 Å². The molecule has 0 fully saturated rings. The van der Waals surface area contributed by atoms with Gasteiger partial charge >= 0.3 is 0 Å². The molecule has 0 amide bonds. The molecule has 3 heterocycles. The lowest BCUT2D eigenvalue weighted by atomic mass is 10.1. The zero-order chi connectivity index (χ0) is 8.73. The highest BCUT2D eigenvalue weighted by Gasteiger charge is 2.44. The van der Waals surface area contributed by atoms with Crippen LogP contribution in [-0.2, 0) is 0 Å². The standard InChI is InChI=1S/C8H9N5/c1-2-11-8-7(10-5-12-8)4-9-6-13(8)3-1/h1-3,6,12H,4-5H2. The van der Waals surface area contributed by atoms with Crippen molar-refractivity contribution in [3.63, 3.8) is 0 Å². The van der Waals surface area contributed by atoms with Crippen LogP contribution in [0, 0.1) is 0 Å². The summed E-state index contributed by atoms with van der Waals surface area (Å²) in [5, 5.41) is 3.26. The minimum Gasteiger partial charge on any atom is -0.296 e. The Morgan fingerprint density at radius 1 is 1.54 bits per heavy atom. The molecule has 1 unspecified atom stereocenters. The molecule has 0 saturated carbocycles. The SMILES string of the molecule is C1=CN2C=NCC3=NCNC32N=C1. The highest BCUT2D eigenvalue weighted by molar-refractivity contribution is 6.02. The third-order valence-corrected chi connectivity index (χ3v) is 2.41. The molecule has 3 aliphatic heterocycles. The van der Waals surface area contributed by atoms with Gasteiger partial charge in [0.1, 0.15) is 0 Å². The number of hydrogen-bond acceptors (Lipinski definition) is 5. The fraction of sp³-hybridized carbons (Fsp3) is 0.375. The topological polar surface area (TPSA) is 52.4 Å². The first-order chi connectivity index (χ1) is 6.42. The molecule has 0 aliphatic carbocycles. The first kappa shape index (κ1) is 6.97. The molecule has 1 N–H and O–H groups in total.